The number of benzene rings is 1. The van der Waals surface area contributed by atoms with E-state index >= 15 is 0 Å². The Morgan fingerprint density at radius 3 is 2.62 bits per heavy atom. The van der Waals surface area contributed by atoms with Crippen molar-refractivity contribution in [1.82, 2.24) is 14.8 Å². The zero-order valence-corrected chi connectivity index (χ0v) is 16.3. The van der Waals surface area contributed by atoms with Crippen molar-refractivity contribution in [2.45, 2.75) is 20.4 Å². The molecule has 3 rings (SSSR count). The standard InChI is InChI=1S/C19H25N3O3S/c1-14-4-5-17(18(10-14)24-3)25-12-19(23)22-8-6-21(7-9-22)11-16-13-26-15(2)20-16/h4-5,10,13H,6-9,11-12H2,1-3H3. The second-order valence-electron chi connectivity index (χ2n) is 6.46. The number of ether oxygens (including phenoxy) is 2. The number of rotatable bonds is 6. The number of piperazine rings is 1. The Hall–Kier alpha value is -2.12. The van der Waals surface area contributed by atoms with Crippen LogP contribution < -0.4 is 9.47 Å². The van der Waals surface area contributed by atoms with Gasteiger partial charge in [-0.15, -0.1) is 11.3 Å². The summed E-state index contributed by atoms with van der Waals surface area (Å²) in [6.45, 7) is 8.05. The number of aromatic nitrogens is 1. The van der Waals surface area contributed by atoms with Crippen molar-refractivity contribution >= 4 is 17.2 Å². The fourth-order valence-corrected chi connectivity index (χ4v) is 3.59. The summed E-state index contributed by atoms with van der Waals surface area (Å²) in [4.78, 5) is 21.1. The number of aryl methyl sites for hydroxylation is 2. The number of carbonyl (C=O) groups excluding carboxylic acids is 1. The Bertz CT molecular complexity index is 754. The third-order valence-corrected chi connectivity index (χ3v) is 5.27. The van der Waals surface area contributed by atoms with E-state index < -0.39 is 0 Å². The molecule has 0 spiro atoms. The van der Waals surface area contributed by atoms with Gasteiger partial charge in [-0.2, -0.15) is 0 Å². The quantitative estimate of drug-likeness (QED) is 0.776. The van der Waals surface area contributed by atoms with E-state index in [1.54, 1.807) is 18.4 Å². The molecular formula is C19H25N3O3S. The van der Waals surface area contributed by atoms with Gasteiger partial charge in [0.2, 0.25) is 0 Å². The molecule has 1 amide bonds. The number of methoxy groups -OCH3 is 1. The van der Waals surface area contributed by atoms with Gasteiger partial charge >= 0.3 is 0 Å². The molecule has 26 heavy (non-hydrogen) atoms. The molecule has 7 heteroatoms. The molecule has 1 aliphatic rings. The molecule has 1 fully saturated rings. The molecule has 0 radical (unpaired) electrons. The van der Waals surface area contributed by atoms with Crippen LogP contribution in [-0.2, 0) is 11.3 Å². The Morgan fingerprint density at radius 1 is 1.19 bits per heavy atom. The van der Waals surface area contributed by atoms with Crippen molar-refractivity contribution < 1.29 is 14.3 Å². The van der Waals surface area contributed by atoms with Crippen LogP contribution in [0.2, 0.25) is 0 Å². The first-order chi connectivity index (χ1) is 12.5. The van der Waals surface area contributed by atoms with Crippen LogP contribution in [-0.4, -0.2) is 60.6 Å². The van der Waals surface area contributed by atoms with Crippen LogP contribution in [0.4, 0.5) is 0 Å². The van der Waals surface area contributed by atoms with Crippen LogP contribution in [0.3, 0.4) is 0 Å². The van der Waals surface area contributed by atoms with Crippen LogP contribution in [0.25, 0.3) is 0 Å². The highest BCUT2D eigenvalue weighted by Crippen LogP contribution is 2.27. The summed E-state index contributed by atoms with van der Waals surface area (Å²) in [6, 6.07) is 5.69. The fraction of sp³-hybridized carbons (Fsp3) is 0.474. The largest absolute Gasteiger partial charge is 0.493 e. The molecular weight excluding hydrogens is 350 g/mol. The summed E-state index contributed by atoms with van der Waals surface area (Å²) >= 11 is 1.68. The van der Waals surface area contributed by atoms with Crippen molar-refractivity contribution in [3.63, 3.8) is 0 Å². The Kier molecular flexibility index (Phi) is 6.11. The van der Waals surface area contributed by atoms with E-state index in [-0.39, 0.29) is 12.5 Å². The first kappa shape index (κ1) is 18.7. The second-order valence-corrected chi connectivity index (χ2v) is 7.52. The van der Waals surface area contributed by atoms with Gasteiger partial charge in [0.25, 0.3) is 5.91 Å². The third kappa shape index (κ3) is 4.74. The van der Waals surface area contributed by atoms with Crippen LogP contribution in [0.1, 0.15) is 16.3 Å². The molecule has 0 N–H and O–H groups in total. The van der Waals surface area contributed by atoms with Crippen molar-refractivity contribution in [3.8, 4) is 11.5 Å². The minimum Gasteiger partial charge on any atom is -0.493 e. The predicted molar refractivity (Wildman–Crippen MR) is 102 cm³/mol. The lowest BCUT2D eigenvalue weighted by atomic mass is 10.2. The topological polar surface area (TPSA) is 54.9 Å². The monoisotopic (exact) mass is 375 g/mol. The highest BCUT2D eigenvalue weighted by molar-refractivity contribution is 7.09. The van der Waals surface area contributed by atoms with Crippen LogP contribution in [0.5, 0.6) is 11.5 Å². The van der Waals surface area contributed by atoms with Gasteiger partial charge in [-0.25, -0.2) is 4.98 Å². The average Bonchev–Trinajstić information content (AvgIpc) is 3.05. The molecule has 1 aromatic carbocycles. The first-order valence-electron chi connectivity index (χ1n) is 8.73. The number of carbonyl (C=O) groups is 1. The normalized spacial score (nSPS) is 15.1. The van der Waals surface area contributed by atoms with Crippen molar-refractivity contribution in [3.05, 3.63) is 39.8 Å². The van der Waals surface area contributed by atoms with Crippen molar-refractivity contribution in [2.24, 2.45) is 0 Å². The van der Waals surface area contributed by atoms with E-state index in [2.05, 4.69) is 15.3 Å². The summed E-state index contributed by atoms with van der Waals surface area (Å²) in [6.07, 6.45) is 0. The lowest BCUT2D eigenvalue weighted by Gasteiger charge is -2.34. The van der Waals surface area contributed by atoms with E-state index in [9.17, 15) is 4.79 Å². The molecule has 1 aliphatic heterocycles. The summed E-state index contributed by atoms with van der Waals surface area (Å²) in [5.41, 5.74) is 2.20. The van der Waals surface area contributed by atoms with Crippen LogP contribution in [0, 0.1) is 13.8 Å². The highest BCUT2D eigenvalue weighted by Gasteiger charge is 2.22. The molecule has 6 nitrogen and oxygen atoms in total. The van der Waals surface area contributed by atoms with Gasteiger partial charge in [0, 0.05) is 38.1 Å². The van der Waals surface area contributed by atoms with E-state index in [0.29, 0.717) is 11.5 Å². The summed E-state index contributed by atoms with van der Waals surface area (Å²) in [5.74, 6) is 1.27. The maximum absolute atomic E-state index is 12.4. The van der Waals surface area contributed by atoms with Crippen LogP contribution in [0.15, 0.2) is 23.6 Å². The number of thiazole rings is 1. The summed E-state index contributed by atoms with van der Waals surface area (Å²) < 4.78 is 11.0. The summed E-state index contributed by atoms with van der Waals surface area (Å²) in [7, 11) is 1.60. The van der Waals surface area contributed by atoms with Gasteiger partial charge in [-0.1, -0.05) is 6.07 Å². The van der Waals surface area contributed by atoms with Gasteiger partial charge in [0.1, 0.15) is 0 Å². The Labute approximate surface area is 158 Å². The van der Waals surface area contributed by atoms with Gasteiger partial charge < -0.3 is 14.4 Å². The number of hydrogen-bond donors (Lipinski definition) is 0. The molecule has 2 heterocycles. The molecule has 0 unspecified atom stereocenters. The van der Waals surface area contributed by atoms with Gasteiger partial charge in [-0.05, 0) is 31.5 Å². The molecule has 1 saturated heterocycles. The lowest BCUT2D eigenvalue weighted by molar-refractivity contribution is -0.135. The number of nitrogens with zero attached hydrogens (tertiary/aromatic N) is 3. The SMILES string of the molecule is COc1cc(C)ccc1OCC(=O)N1CCN(Cc2csc(C)n2)CC1. The Morgan fingerprint density at radius 2 is 1.96 bits per heavy atom. The summed E-state index contributed by atoms with van der Waals surface area (Å²) in [5, 5.41) is 3.20. The Balaban J connectivity index is 1.46. The number of amides is 1. The molecule has 0 bridgehead atoms. The second kappa shape index (κ2) is 8.51. The molecule has 0 saturated carbocycles. The van der Waals surface area contributed by atoms with Crippen molar-refractivity contribution in [2.75, 3.05) is 39.9 Å². The van der Waals surface area contributed by atoms with Crippen molar-refractivity contribution in [1.29, 1.82) is 0 Å². The lowest BCUT2D eigenvalue weighted by Crippen LogP contribution is -2.49. The zero-order chi connectivity index (χ0) is 18.5. The molecule has 0 aliphatic carbocycles. The maximum Gasteiger partial charge on any atom is 0.260 e. The van der Waals surface area contributed by atoms with Crippen LogP contribution >= 0.6 is 11.3 Å². The number of hydrogen-bond acceptors (Lipinski definition) is 6. The molecule has 2 aromatic rings. The minimum atomic E-state index is 0.0109. The average molecular weight is 375 g/mol. The van der Waals surface area contributed by atoms with E-state index in [1.165, 1.54) is 0 Å². The van der Waals surface area contributed by atoms with E-state index in [4.69, 9.17) is 9.47 Å². The third-order valence-electron chi connectivity index (χ3n) is 4.45. The van der Waals surface area contributed by atoms with E-state index in [0.717, 1.165) is 49.0 Å². The molecule has 140 valence electrons. The predicted octanol–water partition coefficient (Wildman–Crippen LogP) is 2.49. The first-order valence-corrected chi connectivity index (χ1v) is 9.61. The maximum atomic E-state index is 12.4. The highest BCUT2D eigenvalue weighted by atomic mass is 32.1. The molecule has 0 atom stereocenters. The van der Waals surface area contributed by atoms with Gasteiger partial charge in [0.15, 0.2) is 18.1 Å². The fourth-order valence-electron chi connectivity index (χ4n) is 2.99. The zero-order valence-electron chi connectivity index (χ0n) is 15.5. The minimum absolute atomic E-state index is 0.0109. The molecule has 1 aromatic heterocycles. The smallest absolute Gasteiger partial charge is 0.260 e. The van der Waals surface area contributed by atoms with E-state index in [1.807, 2.05) is 36.9 Å². The van der Waals surface area contributed by atoms with Gasteiger partial charge in [0.05, 0.1) is 17.8 Å². The van der Waals surface area contributed by atoms with Gasteiger partial charge in [-0.3, -0.25) is 9.69 Å².